The topological polar surface area (TPSA) is 67.5 Å². The largest absolute Gasteiger partial charge is 0.475 e. The van der Waals surface area contributed by atoms with Crippen molar-refractivity contribution in [1.29, 1.82) is 0 Å². The molecule has 1 aromatic carbocycles. The van der Waals surface area contributed by atoms with Gasteiger partial charge in [0.25, 0.3) is 0 Å². The third-order valence-electron chi connectivity index (χ3n) is 2.30. The highest BCUT2D eigenvalue weighted by molar-refractivity contribution is 6.30. The summed E-state index contributed by atoms with van der Waals surface area (Å²) < 4.78 is 31.4. The molecule has 0 bridgehead atoms. The van der Waals surface area contributed by atoms with E-state index in [4.69, 9.17) is 21.1 Å². The van der Waals surface area contributed by atoms with Crippen molar-refractivity contribution in [3.05, 3.63) is 58.0 Å². The van der Waals surface area contributed by atoms with E-state index in [9.17, 15) is 18.4 Å². The number of carbonyl (C=O) groups excluding carboxylic acids is 1. The number of ketones is 1. The van der Waals surface area contributed by atoms with Crippen LogP contribution in [0.4, 0.5) is 8.78 Å². The molecule has 7 heteroatoms. The summed E-state index contributed by atoms with van der Waals surface area (Å²) in [6.07, 6.45) is 0. The van der Waals surface area contributed by atoms with Gasteiger partial charge < -0.3 is 9.52 Å². The van der Waals surface area contributed by atoms with Crippen molar-refractivity contribution < 1.29 is 27.9 Å². The van der Waals surface area contributed by atoms with Gasteiger partial charge in [-0.3, -0.25) is 4.79 Å². The maximum atomic E-state index is 13.5. The normalized spacial score (nSPS) is 10.5. The Balaban J connectivity index is 2.43. The van der Waals surface area contributed by atoms with Gasteiger partial charge in [-0.25, -0.2) is 13.6 Å². The molecule has 1 heterocycles. The van der Waals surface area contributed by atoms with E-state index >= 15 is 0 Å². The van der Waals surface area contributed by atoms with E-state index < -0.39 is 45.5 Å². The van der Waals surface area contributed by atoms with Crippen LogP contribution in [-0.4, -0.2) is 16.9 Å². The number of furan rings is 1. The van der Waals surface area contributed by atoms with Gasteiger partial charge in [0.1, 0.15) is 11.6 Å². The predicted octanol–water partition coefficient (Wildman–Crippen LogP) is 3.14. The minimum atomic E-state index is -1.37. The van der Waals surface area contributed by atoms with Gasteiger partial charge >= 0.3 is 5.97 Å². The van der Waals surface area contributed by atoms with Gasteiger partial charge in [0.2, 0.25) is 11.5 Å². The second-order valence-electron chi connectivity index (χ2n) is 3.54. The highest BCUT2D eigenvalue weighted by Crippen LogP contribution is 2.22. The van der Waals surface area contributed by atoms with Gasteiger partial charge in [-0.05, 0) is 24.3 Å². The van der Waals surface area contributed by atoms with E-state index in [1.165, 1.54) is 0 Å². The molecule has 0 radical (unpaired) electrons. The van der Waals surface area contributed by atoms with E-state index in [0.29, 0.717) is 12.1 Å². The Kier molecular flexibility index (Phi) is 3.35. The summed E-state index contributed by atoms with van der Waals surface area (Å²) in [6, 6.07) is 3.39. The number of aromatic carboxylic acids is 1. The second-order valence-corrected chi connectivity index (χ2v) is 3.95. The molecule has 0 aliphatic heterocycles. The molecule has 0 fully saturated rings. The zero-order valence-electron chi connectivity index (χ0n) is 9.12. The Morgan fingerprint density at radius 2 is 1.74 bits per heavy atom. The van der Waals surface area contributed by atoms with Crippen LogP contribution >= 0.6 is 11.6 Å². The Morgan fingerprint density at radius 1 is 1.11 bits per heavy atom. The Labute approximate surface area is 110 Å². The second kappa shape index (κ2) is 4.81. The predicted molar refractivity (Wildman–Crippen MR) is 60.5 cm³/mol. The molecule has 2 rings (SSSR count). The van der Waals surface area contributed by atoms with Crippen LogP contribution in [0, 0.1) is 11.6 Å². The lowest BCUT2D eigenvalue weighted by atomic mass is 10.1. The molecule has 0 aliphatic carbocycles. The first-order chi connectivity index (χ1) is 8.90. The summed E-state index contributed by atoms with van der Waals surface area (Å²) in [5.41, 5.74) is -0.590. The lowest BCUT2D eigenvalue weighted by Crippen LogP contribution is -2.04. The van der Waals surface area contributed by atoms with Crippen molar-refractivity contribution in [3.8, 4) is 0 Å². The van der Waals surface area contributed by atoms with Crippen LogP contribution in [0.3, 0.4) is 0 Å². The van der Waals surface area contributed by atoms with E-state index in [0.717, 1.165) is 12.1 Å². The number of hydrogen-bond donors (Lipinski definition) is 1. The van der Waals surface area contributed by atoms with Crippen molar-refractivity contribution >= 4 is 23.4 Å². The molecule has 2 aromatic rings. The molecule has 0 atom stereocenters. The average Bonchev–Trinajstić information content (AvgIpc) is 2.82. The third-order valence-corrected chi connectivity index (χ3v) is 2.58. The molecular weight excluding hydrogens is 282 g/mol. The van der Waals surface area contributed by atoms with Gasteiger partial charge in [-0.15, -0.1) is 0 Å². The Morgan fingerprint density at radius 3 is 2.32 bits per heavy atom. The monoisotopic (exact) mass is 286 g/mol. The van der Waals surface area contributed by atoms with Crippen LogP contribution in [0.15, 0.2) is 28.7 Å². The van der Waals surface area contributed by atoms with E-state index in [-0.39, 0.29) is 0 Å². The molecule has 0 saturated carbocycles. The van der Waals surface area contributed by atoms with Gasteiger partial charge in [-0.2, -0.15) is 0 Å². The van der Waals surface area contributed by atoms with Crippen LogP contribution in [0.1, 0.15) is 26.7 Å². The molecule has 0 amide bonds. The maximum Gasteiger partial charge on any atom is 0.371 e. The summed E-state index contributed by atoms with van der Waals surface area (Å²) in [5.74, 6) is -5.21. The number of rotatable bonds is 3. The number of halogens is 3. The average molecular weight is 287 g/mol. The third kappa shape index (κ3) is 2.48. The zero-order valence-corrected chi connectivity index (χ0v) is 9.87. The minimum absolute atomic E-state index is 0.405. The first-order valence-electron chi connectivity index (χ1n) is 4.92. The first kappa shape index (κ1) is 13.2. The fourth-order valence-corrected chi connectivity index (χ4v) is 1.55. The fraction of sp³-hybridized carbons (Fsp3) is 0. The van der Waals surface area contributed by atoms with E-state index in [1.54, 1.807) is 0 Å². The molecule has 4 nitrogen and oxygen atoms in total. The fourth-order valence-electron chi connectivity index (χ4n) is 1.40. The van der Waals surface area contributed by atoms with Gasteiger partial charge in [0.05, 0.1) is 10.6 Å². The maximum absolute atomic E-state index is 13.5. The van der Waals surface area contributed by atoms with Gasteiger partial charge in [0, 0.05) is 0 Å². The van der Waals surface area contributed by atoms with Crippen molar-refractivity contribution in [2.24, 2.45) is 0 Å². The number of carboxylic acid groups (broad SMARTS) is 1. The van der Waals surface area contributed by atoms with Crippen LogP contribution in [0.25, 0.3) is 0 Å². The Hall–Kier alpha value is -2.21. The molecule has 0 aliphatic rings. The molecule has 0 spiro atoms. The highest BCUT2D eigenvalue weighted by atomic mass is 35.5. The molecular formula is C12H5ClF2O4. The molecule has 1 N–H and O–H groups in total. The van der Waals surface area contributed by atoms with E-state index in [1.807, 2.05) is 0 Å². The number of benzene rings is 1. The van der Waals surface area contributed by atoms with Crippen molar-refractivity contribution in [3.63, 3.8) is 0 Å². The SMILES string of the molecule is O=C(O)c1ccc(C(=O)c2cc(F)c(Cl)cc2F)o1. The Bertz CT molecular complexity index is 678. The quantitative estimate of drug-likeness (QED) is 0.695. The van der Waals surface area contributed by atoms with Crippen LogP contribution < -0.4 is 0 Å². The summed E-state index contributed by atoms with van der Waals surface area (Å²) >= 11 is 5.35. The van der Waals surface area contributed by atoms with Gasteiger partial charge in [0.15, 0.2) is 5.76 Å². The summed E-state index contributed by atoms with van der Waals surface area (Å²) in [6.45, 7) is 0. The smallest absolute Gasteiger partial charge is 0.371 e. The van der Waals surface area contributed by atoms with Crippen molar-refractivity contribution in [2.45, 2.75) is 0 Å². The van der Waals surface area contributed by atoms with Gasteiger partial charge in [-0.1, -0.05) is 11.6 Å². The lowest BCUT2D eigenvalue weighted by molar-refractivity contribution is 0.0660. The summed E-state index contributed by atoms with van der Waals surface area (Å²) in [4.78, 5) is 22.4. The molecule has 19 heavy (non-hydrogen) atoms. The molecule has 98 valence electrons. The zero-order chi connectivity index (χ0) is 14.2. The lowest BCUT2D eigenvalue weighted by Gasteiger charge is -2.02. The van der Waals surface area contributed by atoms with Crippen LogP contribution in [0.5, 0.6) is 0 Å². The van der Waals surface area contributed by atoms with Crippen LogP contribution in [-0.2, 0) is 0 Å². The number of hydrogen-bond acceptors (Lipinski definition) is 3. The number of carboxylic acids is 1. The first-order valence-corrected chi connectivity index (χ1v) is 5.30. The summed E-state index contributed by atoms with van der Waals surface area (Å²) in [5, 5.41) is 8.17. The minimum Gasteiger partial charge on any atom is -0.475 e. The number of carbonyl (C=O) groups is 2. The van der Waals surface area contributed by atoms with Crippen molar-refractivity contribution in [1.82, 2.24) is 0 Å². The standard InChI is InChI=1S/C12H5ClF2O4/c13-6-4-7(14)5(3-8(6)15)11(16)9-1-2-10(19-9)12(17)18/h1-4H,(H,17,18). The molecule has 0 saturated heterocycles. The summed E-state index contributed by atoms with van der Waals surface area (Å²) in [7, 11) is 0. The molecule has 0 unspecified atom stereocenters. The van der Waals surface area contributed by atoms with Crippen LogP contribution in [0.2, 0.25) is 5.02 Å². The van der Waals surface area contributed by atoms with E-state index in [2.05, 4.69) is 0 Å². The molecule has 1 aromatic heterocycles. The highest BCUT2D eigenvalue weighted by Gasteiger charge is 2.21. The van der Waals surface area contributed by atoms with Crippen molar-refractivity contribution in [2.75, 3.05) is 0 Å².